The number of carbonyl (C=O) groups excluding carboxylic acids is 1. The second kappa shape index (κ2) is 10.5. The Hall–Kier alpha value is -4.71. The largest absolute Gasteiger partial charge is 0.480 e. The zero-order chi connectivity index (χ0) is 26.6. The number of hydrogen-bond donors (Lipinski definition) is 3. The first-order chi connectivity index (χ1) is 17.6. The molecular formula is C25H23N5O6S. The molecule has 0 spiro atoms. The summed E-state index contributed by atoms with van der Waals surface area (Å²) in [5.41, 5.74) is 8.59. The van der Waals surface area contributed by atoms with Gasteiger partial charge in [0.25, 0.3) is 15.9 Å². The number of carboxylic acid groups (broad SMARTS) is 1. The van der Waals surface area contributed by atoms with E-state index in [2.05, 4.69) is 14.9 Å². The minimum atomic E-state index is -3.90. The number of nitrogens with two attached hydrogens (primary N) is 1. The minimum absolute atomic E-state index is 0.0453. The number of anilines is 2. The van der Waals surface area contributed by atoms with Crippen LogP contribution in [0.3, 0.4) is 0 Å². The van der Waals surface area contributed by atoms with Crippen molar-refractivity contribution in [2.75, 3.05) is 17.0 Å². The molecule has 0 bridgehead atoms. The maximum Gasteiger partial charge on any atom is 0.335 e. The summed E-state index contributed by atoms with van der Waals surface area (Å²) in [7, 11) is -3.90. The molecule has 11 nitrogen and oxygen atoms in total. The third kappa shape index (κ3) is 6.30. The number of nitrogens with zero attached hydrogens (tertiary/aromatic N) is 3. The summed E-state index contributed by atoms with van der Waals surface area (Å²) in [6.07, 6.45) is 0. The molecule has 0 aliphatic carbocycles. The zero-order valence-corrected chi connectivity index (χ0v) is 20.5. The molecule has 0 aliphatic heterocycles. The van der Waals surface area contributed by atoms with E-state index in [0.717, 1.165) is 5.56 Å². The van der Waals surface area contributed by atoms with Gasteiger partial charge in [0.15, 0.2) is 0 Å². The molecule has 3 aromatic carbocycles. The normalized spacial score (nSPS) is 11.2. The van der Waals surface area contributed by atoms with Gasteiger partial charge < -0.3 is 20.3 Å². The average Bonchev–Trinajstić information content (AvgIpc) is 3.32. The van der Waals surface area contributed by atoms with Crippen LogP contribution in [0.25, 0.3) is 11.4 Å². The van der Waals surface area contributed by atoms with Crippen LogP contribution in [0.15, 0.2) is 82.2 Å². The van der Waals surface area contributed by atoms with Crippen LogP contribution < -0.4 is 10.5 Å². The average molecular weight is 522 g/mol. The van der Waals surface area contributed by atoms with Crippen molar-refractivity contribution < 1.29 is 27.6 Å². The SMILES string of the molecule is Cc1ccc(S(=O)(=O)Nc2nc(-c3ccc(CN(CC(=O)O)C(=O)c4ccc(N)cc4)cc3)no2)cc1. The number of benzene rings is 3. The number of nitrogens with one attached hydrogen (secondary N) is 1. The van der Waals surface area contributed by atoms with Crippen LogP contribution in [0, 0.1) is 6.92 Å². The molecule has 0 aliphatic rings. The minimum Gasteiger partial charge on any atom is -0.480 e. The van der Waals surface area contributed by atoms with E-state index >= 15 is 0 Å². The van der Waals surface area contributed by atoms with Crippen LogP contribution >= 0.6 is 0 Å². The molecule has 1 aromatic heterocycles. The number of aliphatic carboxylic acids is 1. The molecule has 190 valence electrons. The van der Waals surface area contributed by atoms with Gasteiger partial charge in [-0.25, -0.2) is 13.1 Å². The molecule has 12 heteroatoms. The van der Waals surface area contributed by atoms with E-state index < -0.39 is 28.4 Å². The maximum absolute atomic E-state index is 12.9. The van der Waals surface area contributed by atoms with Crippen LogP contribution in [0.1, 0.15) is 21.5 Å². The Bertz CT molecular complexity index is 1520. The fraction of sp³-hybridized carbons (Fsp3) is 0.120. The van der Waals surface area contributed by atoms with Gasteiger partial charge in [-0.1, -0.05) is 47.1 Å². The summed E-state index contributed by atoms with van der Waals surface area (Å²) >= 11 is 0. The molecular weight excluding hydrogens is 498 g/mol. The number of amides is 1. The lowest BCUT2D eigenvalue weighted by molar-refractivity contribution is -0.137. The molecule has 4 rings (SSSR count). The number of rotatable bonds is 9. The van der Waals surface area contributed by atoms with E-state index in [1.54, 1.807) is 48.5 Å². The van der Waals surface area contributed by atoms with E-state index in [0.29, 0.717) is 22.4 Å². The number of carboxylic acids is 1. The molecule has 37 heavy (non-hydrogen) atoms. The number of carbonyl (C=O) groups is 2. The highest BCUT2D eigenvalue weighted by molar-refractivity contribution is 7.92. The van der Waals surface area contributed by atoms with Gasteiger partial charge in [0.2, 0.25) is 5.82 Å². The van der Waals surface area contributed by atoms with Crippen molar-refractivity contribution in [3.63, 3.8) is 0 Å². The number of sulfonamides is 1. The Balaban J connectivity index is 1.47. The molecule has 0 saturated carbocycles. The third-order valence-electron chi connectivity index (χ3n) is 5.34. The Morgan fingerprint density at radius 3 is 2.27 bits per heavy atom. The first-order valence-electron chi connectivity index (χ1n) is 11.0. The highest BCUT2D eigenvalue weighted by atomic mass is 32.2. The van der Waals surface area contributed by atoms with Crippen molar-refractivity contribution in [3.05, 3.63) is 89.5 Å². The smallest absolute Gasteiger partial charge is 0.335 e. The molecule has 0 unspecified atom stereocenters. The van der Waals surface area contributed by atoms with Crippen molar-refractivity contribution in [1.82, 2.24) is 15.0 Å². The topological polar surface area (TPSA) is 169 Å². The van der Waals surface area contributed by atoms with Crippen LogP contribution in [0.5, 0.6) is 0 Å². The molecule has 4 aromatic rings. The predicted octanol–water partition coefficient (Wildman–Crippen LogP) is 3.16. The van der Waals surface area contributed by atoms with Gasteiger partial charge in [-0.3, -0.25) is 9.59 Å². The lowest BCUT2D eigenvalue weighted by Gasteiger charge is -2.21. The first-order valence-corrected chi connectivity index (χ1v) is 12.5. The summed E-state index contributed by atoms with van der Waals surface area (Å²) in [5, 5.41) is 13.1. The fourth-order valence-corrected chi connectivity index (χ4v) is 4.35. The van der Waals surface area contributed by atoms with Gasteiger partial charge in [-0.05, 0) is 48.9 Å². The van der Waals surface area contributed by atoms with Gasteiger partial charge >= 0.3 is 12.0 Å². The van der Waals surface area contributed by atoms with Crippen molar-refractivity contribution >= 4 is 33.6 Å². The molecule has 0 atom stereocenters. The zero-order valence-electron chi connectivity index (χ0n) is 19.7. The van der Waals surface area contributed by atoms with Crippen LogP contribution in [-0.2, 0) is 21.4 Å². The fourth-order valence-electron chi connectivity index (χ4n) is 3.42. The second-order valence-electron chi connectivity index (χ2n) is 8.22. The second-order valence-corrected chi connectivity index (χ2v) is 9.90. The van der Waals surface area contributed by atoms with Gasteiger partial charge in [0, 0.05) is 23.4 Å². The summed E-state index contributed by atoms with van der Waals surface area (Å²) in [6.45, 7) is 1.41. The lowest BCUT2D eigenvalue weighted by atomic mass is 10.1. The van der Waals surface area contributed by atoms with Gasteiger partial charge in [-0.15, -0.1) is 0 Å². The Morgan fingerprint density at radius 2 is 1.65 bits per heavy atom. The van der Waals surface area contributed by atoms with E-state index in [1.165, 1.54) is 29.2 Å². The first kappa shape index (κ1) is 25.4. The third-order valence-corrected chi connectivity index (χ3v) is 6.67. The van der Waals surface area contributed by atoms with Crippen molar-refractivity contribution in [2.45, 2.75) is 18.4 Å². The standard InChI is InChI=1S/C25H23N5O6S/c1-16-2-12-21(13-3-16)37(34,35)29-25-27-23(28-36-25)18-6-4-17(5-7-18)14-30(15-22(31)32)24(33)19-8-10-20(26)11-9-19/h2-13H,14-15,26H2,1H3,(H,31,32)(H,27,28,29). The van der Waals surface area contributed by atoms with Gasteiger partial charge in [-0.2, -0.15) is 4.98 Å². The molecule has 0 radical (unpaired) electrons. The van der Waals surface area contributed by atoms with E-state index in [9.17, 15) is 23.1 Å². The van der Waals surface area contributed by atoms with Crippen LogP contribution in [0.2, 0.25) is 0 Å². The summed E-state index contributed by atoms with van der Waals surface area (Å²) < 4.78 is 32.4. The monoisotopic (exact) mass is 521 g/mol. The summed E-state index contributed by atoms with van der Waals surface area (Å²) in [4.78, 5) is 29.6. The Labute approximate surface area is 212 Å². The maximum atomic E-state index is 12.9. The summed E-state index contributed by atoms with van der Waals surface area (Å²) in [6, 6.07) is 18.9. The number of aromatic nitrogens is 2. The van der Waals surface area contributed by atoms with E-state index in [1.807, 2.05) is 6.92 Å². The molecule has 0 fully saturated rings. The van der Waals surface area contributed by atoms with Crippen LogP contribution in [-0.4, -0.2) is 47.0 Å². The Kier molecular flexibility index (Phi) is 7.20. The quantitative estimate of drug-likeness (QED) is 0.280. The lowest BCUT2D eigenvalue weighted by Crippen LogP contribution is -2.35. The molecule has 0 saturated heterocycles. The van der Waals surface area contributed by atoms with Crippen molar-refractivity contribution in [2.24, 2.45) is 0 Å². The molecule has 1 heterocycles. The van der Waals surface area contributed by atoms with Gasteiger partial charge in [0.1, 0.15) is 6.54 Å². The van der Waals surface area contributed by atoms with Gasteiger partial charge in [0.05, 0.1) is 4.90 Å². The number of aryl methyl sites for hydroxylation is 1. The highest BCUT2D eigenvalue weighted by Gasteiger charge is 2.20. The van der Waals surface area contributed by atoms with E-state index in [-0.39, 0.29) is 23.3 Å². The van der Waals surface area contributed by atoms with Crippen molar-refractivity contribution in [1.29, 1.82) is 0 Å². The number of hydrogen-bond acceptors (Lipinski definition) is 8. The highest BCUT2D eigenvalue weighted by Crippen LogP contribution is 2.21. The van der Waals surface area contributed by atoms with Crippen LogP contribution in [0.4, 0.5) is 11.7 Å². The summed E-state index contributed by atoms with van der Waals surface area (Å²) in [5.74, 6) is -1.45. The van der Waals surface area contributed by atoms with Crippen molar-refractivity contribution in [3.8, 4) is 11.4 Å². The predicted molar refractivity (Wildman–Crippen MR) is 135 cm³/mol. The molecule has 4 N–H and O–H groups in total. The number of nitrogen functional groups attached to an aromatic ring is 1. The Morgan fingerprint density at radius 1 is 1.00 bits per heavy atom. The molecule has 1 amide bonds. The van der Waals surface area contributed by atoms with E-state index in [4.69, 9.17) is 10.3 Å².